The van der Waals surface area contributed by atoms with E-state index < -0.39 is 17.6 Å². The maximum absolute atomic E-state index is 13.0. The van der Waals surface area contributed by atoms with Crippen LogP contribution in [0.15, 0.2) is 24.3 Å². The average molecular weight is 367 g/mol. The molecule has 0 radical (unpaired) electrons. The molecule has 6 nitrogen and oxygen atoms in total. The standard InChI is InChI=1S/C17H20F3N5O/c1-24-7-3-6-12(24)9-16-22-15(10-14(21)26)23-25(16)13-5-2-4-11(8-13)17(18,19)20/h2,4-5,8,12H,3,6-7,9-10H2,1H3,(H2,21,26)/t12-/m0/s1. The topological polar surface area (TPSA) is 77.0 Å². The second-order valence-electron chi connectivity index (χ2n) is 6.53. The average Bonchev–Trinajstić information content (AvgIpc) is 3.13. The number of nitrogens with two attached hydrogens (primary N) is 1. The van der Waals surface area contributed by atoms with Gasteiger partial charge in [-0.15, -0.1) is 0 Å². The maximum Gasteiger partial charge on any atom is 0.416 e. The molecule has 1 aromatic heterocycles. The Kier molecular flexibility index (Phi) is 4.99. The molecule has 0 unspecified atom stereocenters. The van der Waals surface area contributed by atoms with Gasteiger partial charge in [-0.05, 0) is 44.6 Å². The minimum absolute atomic E-state index is 0.153. The van der Waals surface area contributed by atoms with E-state index in [1.165, 1.54) is 10.7 Å². The Morgan fingerprint density at radius 1 is 1.38 bits per heavy atom. The summed E-state index contributed by atoms with van der Waals surface area (Å²) in [5, 5.41) is 4.23. The molecule has 1 fully saturated rings. The first-order valence-electron chi connectivity index (χ1n) is 8.35. The van der Waals surface area contributed by atoms with Crippen LogP contribution in [-0.4, -0.2) is 45.2 Å². The van der Waals surface area contributed by atoms with E-state index in [1.54, 1.807) is 6.07 Å². The lowest BCUT2D eigenvalue weighted by molar-refractivity contribution is -0.137. The first-order valence-corrected chi connectivity index (χ1v) is 8.35. The third-order valence-electron chi connectivity index (χ3n) is 4.56. The molecule has 1 aliphatic heterocycles. The number of alkyl halides is 3. The number of aromatic nitrogens is 3. The fourth-order valence-corrected chi connectivity index (χ4v) is 3.22. The van der Waals surface area contributed by atoms with Crippen molar-refractivity contribution in [3.05, 3.63) is 41.5 Å². The summed E-state index contributed by atoms with van der Waals surface area (Å²) >= 11 is 0. The minimum Gasteiger partial charge on any atom is -0.369 e. The Balaban J connectivity index is 1.98. The summed E-state index contributed by atoms with van der Waals surface area (Å²) in [5.74, 6) is 0.153. The van der Waals surface area contributed by atoms with Crippen molar-refractivity contribution in [1.82, 2.24) is 19.7 Å². The summed E-state index contributed by atoms with van der Waals surface area (Å²) < 4.78 is 40.5. The lowest BCUT2D eigenvalue weighted by Gasteiger charge is -2.19. The first kappa shape index (κ1) is 18.4. The quantitative estimate of drug-likeness (QED) is 0.876. The van der Waals surface area contributed by atoms with E-state index in [9.17, 15) is 18.0 Å². The highest BCUT2D eigenvalue weighted by atomic mass is 19.4. The number of primary amides is 1. The van der Waals surface area contributed by atoms with Crippen LogP contribution in [0.5, 0.6) is 0 Å². The molecule has 140 valence electrons. The van der Waals surface area contributed by atoms with E-state index in [0.717, 1.165) is 31.5 Å². The summed E-state index contributed by atoms with van der Waals surface area (Å²) in [5.41, 5.74) is 4.71. The van der Waals surface area contributed by atoms with Gasteiger partial charge >= 0.3 is 6.18 Å². The molecule has 26 heavy (non-hydrogen) atoms. The van der Waals surface area contributed by atoms with Crippen LogP contribution in [0.1, 0.15) is 30.1 Å². The van der Waals surface area contributed by atoms with Crippen molar-refractivity contribution in [2.75, 3.05) is 13.6 Å². The maximum atomic E-state index is 13.0. The summed E-state index contributed by atoms with van der Waals surface area (Å²) in [4.78, 5) is 17.7. The molecule has 1 atom stereocenters. The highest BCUT2D eigenvalue weighted by Gasteiger charge is 2.31. The molecular weight excluding hydrogens is 347 g/mol. The van der Waals surface area contributed by atoms with Crippen LogP contribution in [-0.2, 0) is 23.8 Å². The molecule has 1 aliphatic rings. The molecule has 0 bridgehead atoms. The van der Waals surface area contributed by atoms with Gasteiger partial charge in [0.1, 0.15) is 5.82 Å². The number of benzene rings is 1. The van der Waals surface area contributed by atoms with Crippen LogP contribution in [0, 0.1) is 0 Å². The van der Waals surface area contributed by atoms with Gasteiger partial charge < -0.3 is 10.6 Å². The Morgan fingerprint density at radius 3 is 2.77 bits per heavy atom. The van der Waals surface area contributed by atoms with Crippen molar-refractivity contribution in [2.45, 2.75) is 37.9 Å². The highest BCUT2D eigenvalue weighted by Crippen LogP contribution is 2.30. The van der Waals surface area contributed by atoms with E-state index in [0.29, 0.717) is 12.2 Å². The van der Waals surface area contributed by atoms with E-state index in [-0.39, 0.29) is 24.0 Å². The monoisotopic (exact) mass is 367 g/mol. The zero-order valence-corrected chi connectivity index (χ0v) is 14.3. The van der Waals surface area contributed by atoms with Crippen LogP contribution >= 0.6 is 0 Å². The molecule has 0 saturated carbocycles. The van der Waals surface area contributed by atoms with Gasteiger partial charge in [0.25, 0.3) is 0 Å². The van der Waals surface area contributed by atoms with Crippen molar-refractivity contribution >= 4 is 5.91 Å². The largest absolute Gasteiger partial charge is 0.416 e. The van der Waals surface area contributed by atoms with E-state index >= 15 is 0 Å². The lowest BCUT2D eigenvalue weighted by Crippen LogP contribution is -2.28. The Hall–Kier alpha value is -2.42. The Morgan fingerprint density at radius 2 is 2.15 bits per heavy atom. The smallest absolute Gasteiger partial charge is 0.369 e. The summed E-state index contributed by atoms with van der Waals surface area (Å²) in [6.07, 6.45) is -2.01. The SMILES string of the molecule is CN1CCC[C@H]1Cc1nc(CC(N)=O)nn1-c1cccc(C(F)(F)F)c1. The number of carbonyl (C=O) groups excluding carboxylic acids is 1. The summed E-state index contributed by atoms with van der Waals surface area (Å²) in [6, 6.07) is 5.16. The van der Waals surface area contributed by atoms with Gasteiger partial charge in [-0.2, -0.15) is 18.3 Å². The second-order valence-corrected chi connectivity index (χ2v) is 6.53. The van der Waals surface area contributed by atoms with Crippen LogP contribution < -0.4 is 5.73 Å². The third kappa shape index (κ3) is 4.04. The number of carbonyl (C=O) groups is 1. The number of nitrogens with zero attached hydrogens (tertiary/aromatic N) is 4. The van der Waals surface area contributed by atoms with Gasteiger partial charge in [0.15, 0.2) is 5.82 Å². The lowest BCUT2D eigenvalue weighted by atomic mass is 10.1. The van der Waals surface area contributed by atoms with Crippen LogP contribution in [0.2, 0.25) is 0 Å². The van der Waals surface area contributed by atoms with Crippen molar-refractivity contribution in [3.63, 3.8) is 0 Å². The zero-order chi connectivity index (χ0) is 18.9. The molecule has 3 rings (SSSR count). The van der Waals surface area contributed by atoms with E-state index in [1.807, 2.05) is 7.05 Å². The minimum atomic E-state index is -4.45. The van der Waals surface area contributed by atoms with Crippen LogP contribution in [0.4, 0.5) is 13.2 Å². The highest BCUT2D eigenvalue weighted by molar-refractivity contribution is 5.75. The molecule has 0 spiro atoms. The fourth-order valence-electron chi connectivity index (χ4n) is 3.22. The normalized spacial score (nSPS) is 18.4. The van der Waals surface area contributed by atoms with Crippen molar-refractivity contribution in [2.24, 2.45) is 5.73 Å². The van der Waals surface area contributed by atoms with Crippen molar-refractivity contribution < 1.29 is 18.0 Å². The Bertz CT molecular complexity index is 802. The summed E-state index contributed by atoms with van der Waals surface area (Å²) in [6.45, 7) is 0.969. The second kappa shape index (κ2) is 7.06. The molecule has 0 aliphatic carbocycles. The number of rotatable bonds is 5. The number of likely N-dealkylation sites (tertiary alicyclic amines) is 1. The third-order valence-corrected chi connectivity index (χ3v) is 4.56. The molecule has 1 amide bonds. The van der Waals surface area contributed by atoms with Gasteiger partial charge in [-0.25, -0.2) is 9.67 Å². The molecule has 1 aromatic carbocycles. The molecule has 2 N–H and O–H groups in total. The number of hydrogen-bond acceptors (Lipinski definition) is 4. The summed E-state index contributed by atoms with van der Waals surface area (Å²) in [7, 11) is 2.01. The fraction of sp³-hybridized carbons (Fsp3) is 0.471. The van der Waals surface area contributed by atoms with E-state index in [4.69, 9.17) is 5.73 Å². The van der Waals surface area contributed by atoms with Gasteiger partial charge in [0.2, 0.25) is 5.91 Å². The number of amides is 1. The predicted molar refractivity (Wildman–Crippen MR) is 88.6 cm³/mol. The van der Waals surface area contributed by atoms with Crippen molar-refractivity contribution in [1.29, 1.82) is 0 Å². The molecule has 1 saturated heterocycles. The first-order chi connectivity index (χ1) is 12.2. The number of halogens is 3. The zero-order valence-electron chi connectivity index (χ0n) is 14.3. The Labute approximate surface area is 148 Å². The van der Waals surface area contributed by atoms with Gasteiger partial charge in [0, 0.05) is 12.5 Å². The van der Waals surface area contributed by atoms with Gasteiger partial charge in [-0.3, -0.25) is 4.79 Å². The molecule has 2 aromatic rings. The van der Waals surface area contributed by atoms with Crippen LogP contribution in [0.25, 0.3) is 5.69 Å². The predicted octanol–water partition coefficient (Wildman–Crippen LogP) is 1.95. The molecular formula is C17H20F3N5O. The number of hydrogen-bond donors (Lipinski definition) is 1. The molecule has 2 heterocycles. The van der Waals surface area contributed by atoms with Crippen molar-refractivity contribution in [3.8, 4) is 5.69 Å². The van der Waals surface area contributed by atoms with E-state index in [2.05, 4.69) is 15.0 Å². The van der Waals surface area contributed by atoms with Gasteiger partial charge in [-0.1, -0.05) is 6.07 Å². The molecule has 9 heteroatoms. The van der Waals surface area contributed by atoms with Gasteiger partial charge in [0.05, 0.1) is 17.7 Å². The number of likely N-dealkylation sites (N-methyl/N-ethyl adjacent to an activating group) is 1. The van der Waals surface area contributed by atoms with Crippen LogP contribution in [0.3, 0.4) is 0 Å².